The Balaban J connectivity index is 2.42. The van der Waals surface area contributed by atoms with Crippen LogP contribution in [0.4, 0.5) is 4.79 Å². The molecule has 1 aromatic rings. The molecule has 0 saturated heterocycles. The molecule has 0 spiro atoms. The lowest BCUT2D eigenvalue weighted by Gasteiger charge is -2.18. The van der Waals surface area contributed by atoms with E-state index in [1.807, 2.05) is 0 Å². The van der Waals surface area contributed by atoms with Crippen LogP contribution >= 0.6 is 0 Å². The molecule has 9 heteroatoms. The van der Waals surface area contributed by atoms with Crippen LogP contribution in [0.25, 0.3) is 0 Å². The molecule has 8 nitrogen and oxygen atoms in total. The predicted molar refractivity (Wildman–Crippen MR) is 118 cm³/mol. The smallest absolute Gasteiger partial charge is 0.404 e. The highest BCUT2D eigenvalue weighted by molar-refractivity contribution is 7.89. The summed E-state index contributed by atoms with van der Waals surface area (Å²) in [5.41, 5.74) is 4.98. The number of ether oxygens (including phenoxy) is 2. The van der Waals surface area contributed by atoms with Gasteiger partial charge in [-0.25, -0.2) is 17.9 Å². The summed E-state index contributed by atoms with van der Waals surface area (Å²) in [5, 5.41) is 3.32. The first kappa shape index (κ1) is 26.2. The SMILES string of the molecule is CCCCCOc1ccc(S(=O)(=O)NCCNC(CCCC)CCOC(N)=O)cc1. The summed E-state index contributed by atoms with van der Waals surface area (Å²) in [7, 11) is -3.58. The molecule has 1 rings (SSSR count). The molecule has 0 aliphatic rings. The van der Waals surface area contributed by atoms with E-state index in [2.05, 4.69) is 23.9 Å². The molecule has 0 aliphatic carbocycles. The van der Waals surface area contributed by atoms with E-state index in [0.717, 1.165) is 38.5 Å². The molecule has 0 saturated carbocycles. The van der Waals surface area contributed by atoms with Crippen molar-refractivity contribution in [3.05, 3.63) is 24.3 Å². The maximum atomic E-state index is 12.5. The highest BCUT2D eigenvalue weighted by Crippen LogP contribution is 2.16. The standard InChI is InChI=1S/C21H37N3O5S/c1-3-5-7-16-28-19-9-11-20(12-10-19)30(26,27)24-15-14-23-18(8-6-4-2)13-17-29-21(22)25/h9-12,18,23-24H,3-8,13-17H2,1-2H3,(H2,22,25). The molecule has 30 heavy (non-hydrogen) atoms. The van der Waals surface area contributed by atoms with Crippen molar-refractivity contribution < 1.29 is 22.7 Å². The monoisotopic (exact) mass is 443 g/mol. The molecule has 1 aromatic carbocycles. The summed E-state index contributed by atoms with van der Waals surface area (Å²) in [6.45, 7) is 5.85. The van der Waals surface area contributed by atoms with Crippen molar-refractivity contribution in [2.24, 2.45) is 5.73 Å². The lowest BCUT2D eigenvalue weighted by molar-refractivity contribution is 0.150. The Bertz CT molecular complexity index is 695. The third kappa shape index (κ3) is 11.4. The molecule has 0 aliphatic heterocycles. The minimum Gasteiger partial charge on any atom is -0.494 e. The zero-order valence-corrected chi connectivity index (χ0v) is 19.0. The molecule has 1 unspecified atom stereocenters. The predicted octanol–water partition coefficient (Wildman–Crippen LogP) is 3.17. The normalized spacial score (nSPS) is 12.5. The average Bonchev–Trinajstić information content (AvgIpc) is 2.72. The second-order valence-corrected chi connectivity index (χ2v) is 8.94. The minimum atomic E-state index is -3.58. The molecule has 0 radical (unpaired) electrons. The number of amides is 1. The lowest BCUT2D eigenvalue weighted by atomic mass is 10.1. The first-order chi connectivity index (χ1) is 14.4. The summed E-state index contributed by atoms with van der Waals surface area (Å²) in [6.07, 6.45) is 6.09. The van der Waals surface area contributed by atoms with E-state index in [0.29, 0.717) is 25.3 Å². The molecule has 0 heterocycles. The maximum Gasteiger partial charge on any atom is 0.404 e. The fraction of sp³-hybridized carbons (Fsp3) is 0.667. The number of unbranched alkanes of at least 4 members (excludes halogenated alkanes) is 3. The van der Waals surface area contributed by atoms with Gasteiger partial charge in [0, 0.05) is 19.1 Å². The number of hydrogen-bond acceptors (Lipinski definition) is 6. The fourth-order valence-electron chi connectivity index (χ4n) is 2.90. The maximum absolute atomic E-state index is 12.5. The van der Waals surface area contributed by atoms with Gasteiger partial charge in [-0.3, -0.25) is 0 Å². The number of carbonyl (C=O) groups excluding carboxylic acids is 1. The van der Waals surface area contributed by atoms with E-state index in [1.54, 1.807) is 24.3 Å². The van der Waals surface area contributed by atoms with Gasteiger partial charge >= 0.3 is 6.09 Å². The van der Waals surface area contributed by atoms with Crippen molar-refractivity contribution in [1.29, 1.82) is 0 Å². The molecule has 0 aromatic heterocycles. The van der Waals surface area contributed by atoms with Crippen molar-refractivity contribution in [2.75, 3.05) is 26.3 Å². The number of nitrogens with one attached hydrogen (secondary N) is 2. The highest BCUT2D eigenvalue weighted by atomic mass is 32.2. The van der Waals surface area contributed by atoms with Crippen LogP contribution in [0, 0.1) is 0 Å². The molecular formula is C21H37N3O5S. The van der Waals surface area contributed by atoms with E-state index in [4.69, 9.17) is 15.2 Å². The van der Waals surface area contributed by atoms with Crippen LogP contribution < -0.4 is 20.5 Å². The van der Waals surface area contributed by atoms with Crippen LogP contribution in [0.3, 0.4) is 0 Å². The summed E-state index contributed by atoms with van der Waals surface area (Å²) in [6, 6.07) is 6.60. The van der Waals surface area contributed by atoms with Gasteiger partial charge in [-0.1, -0.05) is 39.5 Å². The summed E-state index contributed by atoms with van der Waals surface area (Å²) < 4.78 is 37.9. The van der Waals surface area contributed by atoms with E-state index in [-0.39, 0.29) is 24.1 Å². The third-order valence-corrected chi connectivity index (χ3v) is 6.09. The number of primary amides is 1. The van der Waals surface area contributed by atoms with E-state index >= 15 is 0 Å². The molecule has 0 fully saturated rings. The van der Waals surface area contributed by atoms with E-state index in [1.165, 1.54) is 0 Å². The first-order valence-corrected chi connectivity index (χ1v) is 12.3. The zero-order chi connectivity index (χ0) is 22.2. The number of rotatable bonds is 17. The number of carbonyl (C=O) groups is 1. The number of sulfonamides is 1. The number of hydrogen-bond donors (Lipinski definition) is 3. The summed E-state index contributed by atoms with van der Waals surface area (Å²) >= 11 is 0. The van der Waals surface area contributed by atoms with Gasteiger partial charge in [0.15, 0.2) is 0 Å². The van der Waals surface area contributed by atoms with Crippen LogP contribution in [-0.4, -0.2) is 46.9 Å². The van der Waals surface area contributed by atoms with Crippen LogP contribution in [0.1, 0.15) is 58.8 Å². The Kier molecular flexibility index (Phi) is 13.1. The second kappa shape index (κ2) is 15.0. The topological polar surface area (TPSA) is 120 Å². The first-order valence-electron chi connectivity index (χ1n) is 10.8. The molecule has 1 atom stereocenters. The van der Waals surface area contributed by atoms with Gasteiger partial charge in [-0.2, -0.15) is 0 Å². The summed E-state index contributed by atoms with van der Waals surface area (Å²) in [4.78, 5) is 10.9. The third-order valence-electron chi connectivity index (χ3n) is 4.62. The Labute approximate surface area is 180 Å². The molecule has 4 N–H and O–H groups in total. The Morgan fingerprint density at radius 2 is 1.70 bits per heavy atom. The van der Waals surface area contributed by atoms with Gasteiger partial charge in [-0.15, -0.1) is 0 Å². The van der Waals surface area contributed by atoms with Crippen LogP contribution in [0.2, 0.25) is 0 Å². The van der Waals surface area contributed by atoms with Crippen molar-refractivity contribution >= 4 is 16.1 Å². The van der Waals surface area contributed by atoms with Crippen molar-refractivity contribution in [1.82, 2.24) is 10.0 Å². The number of nitrogens with two attached hydrogens (primary N) is 1. The van der Waals surface area contributed by atoms with Crippen molar-refractivity contribution in [3.63, 3.8) is 0 Å². The molecule has 0 bridgehead atoms. The zero-order valence-electron chi connectivity index (χ0n) is 18.2. The fourth-order valence-corrected chi connectivity index (χ4v) is 3.93. The minimum absolute atomic E-state index is 0.137. The van der Waals surface area contributed by atoms with Gasteiger partial charge < -0.3 is 20.5 Å². The molecular weight excluding hydrogens is 406 g/mol. The van der Waals surface area contributed by atoms with Crippen LogP contribution in [0.15, 0.2) is 29.2 Å². The largest absolute Gasteiger partial charge is 0.494 e. The average molecular weight is 444 g/mol. The van der Waals surface area contributed by atoms with Gasteiger partial charge in [0.1, 0.15) is 5.75 Å². The van der Waals surface area contributed by atoms with E-state index in [9.17, 15) is 13.2 Å². The van der Waals surface area contributed by atoms with E-state index < -0.39 is 16.1 Å². The second-order valence-electron chi connectivity index (χ2n) is 7.17. The van der Waals surface area contributed by atoms with Crippen molar-refractivity contribution in [2.45, 2.75) is 69.7 Å². The van der Waals surface area contributed by atoms with Crippen LogP contribution in [0.5, 0.6) is 5.75 Å². The van der Waals surface area contributed by atoms with Gasteiger partial charge in [0.25, 0.3) is 0 Å². The summed E-state index contributed by atoms with van der Waals surface area (Å²) in [5.74, 6) is 0.670. The number of benzene rings is 1. The van der Waals surface area contributed by atoms with Crippen LogP contribution in [-0.2, 0) is 14.8 Å². The van der Waals surface area contributed by atoms with Gasteiger partial charge in [0.05, 0.1) is 18.1 Å². The van der Waals surface area contributed by atoms with Gasteiger partial charge in [0.2, 0.25) is 10.0 Å². The Hall–Kier alpha value is -1.84. The van der Waals surface area contributed by atoms with Crippen molar-refractivity contribution in [3.8, 4) is 5.75 Å². The molecule has 1 amide bonds. The Morgan fingerprint density at radius 1 is 1.00 bits per heavy atom. The highest BCUT2D eigenvalue weighted by Gasteiger charge is 2.14. The quantitative estimate of drug-likeness (QED) is 0.318. The molecule has 172 valence electrons. The Morgan fingerprint density at radius 3 is 2.33 bits per heavy atom. The van der Waals surface area contributed by atoms with Gasteiger partial charge in [-0.05, 0) is 43.5 Å². The lowest BCUT2D eigenvalue weighted by Crippen LogP contribution is -2.38.